The van der Waals surface area contributed by atoms with Gasteiger partial charge in [0, 0.05) is 45.9 Å². The molecule has 0 spiro atoms. The molecule has 91 heavy (non-hydrogen) atoms. The summed E-state index contributed by atoms with van der Waals surface area (Å²) in [5.41, 5.74) is 21.0. The molecule has 3 heterocycles. The number of anilines is 3. The number of aromatic nitrogens is 6. The average Bonchev–Trinajstić information content (AvgIpc) is 1.83. The molecule has 0 saturated heterocycles. The molecule has 2 fully saturated rings. The lowest BCUT2D eigenvalue weighted by atomic mass is 10.1. The van der Waals surface area contributed by atoms with Crippen molar-refractivity contribution in [3.05, 3.63) is 231 Å². The summed E-state index contributed by atoms with van der Waals surface area (Å²) in [7, 11) is 0. The van der Waals surface area contributed by atoms with Gasteiger partial charge in [-0.15, -0.1) is 0 Å². The summed E-state index contributed by atoms with van der Waals surface area (Å²) >= 11 is 6.32. The second-order valence-corrected chi connectivity index (χ2v) is 22.4. The zero-order valence-corrected chi connectivity index (χ0v) is 50.8. The largest absolute Gasteiger partial charge is 0.487 e. The zero-order valence-electron chi connectivity index (χ0n) is 50.1. The molecule has 8 N–H and O–H groups in total. The van der Waals surface area contributed by atoms with Crippen LogP contribution in [0.4, 0.5) is 17.3 Å². The first-order chi connectivity index (χ1) is 44.1. The Kier molecular flexibility index (Phi) is 18.6. The van der Waals surface area contributed by atoms with Crippen LogP contribution in [0.3, 0.4) is 0 Å². The standard InChI is InChI=1S/C38H36ClN5O5.C31H29N7O4/c1-3-43(33-20-28(39)14-17-34(33)49-22-25-8-5-4-6-9-25)35(45)23-48-30-11-7-10-26(18-30)36(46)31-21-41-44(37(31)40)32-19-27(13-12-24(32)2)38(47)42-29-15-16-29;1-18-9-10-20(31(41)35-21-11-12-21)14-26(18)38-30(32)23(15-34-38)29(40)19-5-4-6-22(13-19)42-17-28(39)33-16-27-36-24-7-2-3-8-25(24)37-27/h4-14,17-21,29H,3,15-16,22-23,40H2,1-2H3,(H,42,47);2-10,13-15,21H,11-12,16-17,32H2,1H3,(H,33,39)(H,35,41)(H,36,37). The molecule has 2 saturated carbocycles. The van der Waals surface area contributed by atoms with Gasteiger partial charge in [0.25, 0.3) is 23.6 Å². The van der Waals surface area contributed by atoms with Crippen LogP contribution in [0.5, 0.6) is 17.2 Å². The minimum Gasteiger partial charge on any atom is -0.487 e. The third-order valence-corrected chi connectivity index (χ3v) is 15.4. The number of nitrogens with two attached hydrogens (primary N) is 2. The number of para-hydroxylation sites is 2. The summed E-state index contributed by atoms with van der Waals surface area (Å²) in [5, 5.41) is 17.9. The summed E-state index contributed by atoms with van der Waals surface area (Å²) in [5.74, 6) is 0.452. The second-order valence-electron chi connectivity index (χ2n) is 22.0. The summed E-state index contributed by atoms with van der Waals surface area (Å²) in [6.45, 7) is 5.99. The number of likely N-dealkylation sites (N-methyl/N-ethyl adjacent to an activating group) is 1. The number of ether oxygens (including phenoxy) is 3. The number of imidazole rings is 1. The molecule has 2 aliphatic carbocycles. The Balaban J connectivity index is 0.000000189. The lowest BCUT2D eigenvalue weighted by Crippen LogP contribution is -2.35. The number of ketones is 2. The number of hydrogen-bond acceptors (Lipinski definition) is 14. The number of carbonyl (C=O) groups excluding carboxylic acids is 6. The van der Waals surface area contributed by atoms with Crippen LogP contribution >= 0.6 is 11.6 Å². The number of fused-ring (bicyclic) bond motifs is 1. The van der Waals surface area contributed by atoms with E-state index in [1.807, 2.05) is 87.5 Å². The summed E-state index contributed by atoms with van der Waals surface area (Å²) < 4.78 is 20.5. The van der Waals surface area contributed by atoms with Crippen LogP contribution in [0.2, 0.25) is 5.02 Å². The fourth-order valence-electron chi connectivity index (χ4n) is 9.90. The quantitative estimate of drug-likeness (QED) is 0.0325. The number of nitrogens with one attached hydrogen (secondary N) is 4. The van der Waals surface area contributed by atoms with E-state index in [9.17, 15) is 28.8 Å². The molecule has 4 amide bonds. The molecule has 21 nitrogen and oxygen atoms in total. The predicted octanol–water partition coefficient (Wildman–Crippen LogP) is 10.0. The van der Waals surface area contributed by atoms with Crippen LogP contribution in [-0.2, 0) is 22.7 Å². The van der Waals surface area contributed by atoms with Gasteiger partial charge >= 0.3 is 0 Å². The van der Waals surface area contributed by atoms with Gasteiger partial charge in [-0.05, 0) is 142 Å². The maximum absolute atomic E-state index is 13.6. The van der Waals surface area contributed by atoms with Gasteiger partial charge in [0.1, 0.15) is 41.3 Å². The van der Waals surface area contributed by atoms with Gasteiger partial charge in [-0.2, -0.15) is 10.2 Å². The number of nitrogen functional groups attached to an aromatic ring is 2. The Hall–Kier alpha value is -11.1. The number of carbonyl (C=O) groups is 6. The molecular formula is C69H65ClN12O9. The molecular weight excluding hydrogens is 1180 g/mol. The maximum atomic E-state index is 13.6. The molecule has 0 atom stereocenters. The van der Waals surface area contributed by atoms with Crippen molar-refractivity contribution in [3.63, 3.8) is 0 Å². The topological polar surface area (TPSA) is 286 Å². The number of rotatable bonds is 23. The average molecular weight is 1240 g/mol. The van der Waals surface area contributed by atoms with Crippen molar-refractivity contribution in [2.45, 2.75) is 71.7 Å². The first-order valence-electron chi connectivity index (χ1n) is 29.6. The van der Waals surface area contributed by atoms with Crippen LogP contribution < -0.4 is 46.5 Å². The summed E-state index contributed by atoms with van der Waals surface area (Å²) in [4.78, 5) is 87.2. The molecule has 0 radical (unpaired) electrons. The van der Waals surface area contributed by atoms with E-state index in [0.717, 1.165) is 53.4 Å². The molecule has 0 aliphatic heterocycles. The molecule has 462 valence electrons. The van der Waals surface area contributed by atoms with Crippen LogP contribution in [-0.4, -0.2) is 96.6 Å². The van der Waals surface area contributed by atoms with Gasteiger partial charge in [0.2, 0.25) is 0 Å². The van der Waals surface area contributed by atoms with Gasteiger partial charge in [-0.3, -0.25) is 28.8 Å². The molecule has 2 aliphatic rings. The van der Waals surface area contributed by atoms with Crippen molar-refractivity contribution in [2.24, 2.45) is 0 Å². The normalized spacial score (nSPS) is 12.5. The van der Waals surface area contributed by atoms with Crippen molar-refractivity contribution < 1.29 is 43.0 Å². The maximum Gasteiger partial charge on any atom is 0.265 e. The monoisotopic (exact) mass is 1240 g/mol. The smallest absolute Gasteiger partial charge is 0.265 e. The lowest BCUT2D eigenvalue weighted by molar-refractivity contribution is -0.123. The first kappa shape index (κ1) is 61.6. The van der Waals surface area contributed by atoms with Crippen LogP contribution in [0.1, 0.15) is 108 Å². The molecule has 12 rings (SSSR count). The highest BCUT2D eigenvalue weighted by Gasteiger charge is 2.28. The summed E-state index contributed by atoms with van der Waals surface area (Å²) in [6, 6.07) is 46.6. The lowest BCUT2D eigenvalue weighted by Gasteiger charge is -2.24. The minimum atomic E-state index is -0.366. The Labute approximate surface area is 528 Å². The van der Waals surface area contributed by atoms with Gasteiger partial charge in [-0.25, -0.2) is 14.3 Å². The van der Waals surface area contributed by atoms with Crippen molar-refractivity contribution in [3.8, 4) is 28.6 Å². The Morgan fingerprint density at radius 1 is 0.615 bits per heavy atom. The molecule has 3 aromatic heterocycles. The van der Waals surface area contributed by atoms with Crippen LogP contribution in [0, 0.1) is 13.8 Å². The van der Waals surface area contributed by atoms with Crippen molar-refractivity contribution in [1.82, 2.24) is 45.5 Å². The fourth-order valence-corrected chi connectivity index (χ4v) is 10.1. The van der Waals surface area contributed by atoms with E-state index < -0.39 is 0 Å². The molecule has 22 heteroatoms. The number of halogens is 1. The minimum absolute atomic E-state index is 0.139. The molecule has 0 bridgehead atoms. The third-order valence-electron chi connectivity index (χ3n) is 15.2. The Bertz CT molecular complexity index is 4350. The number of aromatic amines is 1. The number of hydrogen-bond donors (Lipinski definition) is 6. The summed E-state index contributed by atoms with van der Waals surface area (Å²) in [6.07, 6.45) is 6.77. The van der Waals surface area contributed by atoms with Crippen LogP contribution in [0.25, 0.3) is 22.4 Å². The third kappa shape index (κ3) is 14.9. The predicted molar refractivity (Wildman–Crippen MR) is 345 cm³/mol. The number of aryl methyl sites for hydroxylation is 2. The zero-order chi connectivity index (χ0) is 63.7. The molecule has 7 aromatic carbocycles. The van der Waals surface area contributed by atoms with Gasteiger partial charge in [-0.1, -0.05) is 90.5 Å². The highest BCUT2D eigenvalue weighted by atomic mass is 35.5. The first-order valence-corrected chi connectivity index (χ1v) is 30.0. The van der Waals surface area contributed by atoms with E-state index in [2.05, 4.69) is 36.1 Å². The Morgan fingerprint density at radius 3 is 1.71 bits per heavy atom. The van der Waals surface area contributed by atoms with Crippen molar-refractivity contribution >= 4 is 75.2 Å². The Morgan fingerprint density at radius 2 is 1.16 bits per heavy atom. The van der Waals surface area contributed by atoms with Gasteiger partial charge in [0.15, 0.2) is 24.8 Å². The fraction of sp³-hybridized carbons (Fsp3) is 0.203. The van der Waals surface area contributed by atoms with E-state index in [-0.39, 0.29) is 89.8 Å². The SMILES string of the molecule is CCN(C(=O)COc1cccc(C(=O)c2cnn(-c3cc(C(=O)NC4CC4)ccc3C)c2N)c1)c1cc(Cl)ccc1OCc1ccccc1.Cc1ccc(C(=O)NC2CC2)cc1-n1ncc(C(=O)c2cccc(OCC(=O)NCc3nc4ccccc4[nH]3)c2)c1N. The van der Waals surface area contributed by atoms with Crippen molar-refractivity contribution in [2.75, 3.05) is 36.1 Å². The second kappa shape index (κ2) is 27.5. The molecule has 10 aromatic rings. The van der Waals surface area contributed by atoms with Crippen molar-refractivity contribution in [1.29, 1.82) is 0 Å². The highest BCUT2D eigenvalue weighted by molar-refractivity contribution is 6.31. The number of H-pyrrole nitrogens is 1. The van der Waals surface area contributed by atoms with E-state index in [1.165, 1.54) is 21.8 Å². The van der Waals surface area contributed by atoms with E-state index in [4.69, 9.17) is 37.3 Å². The van der Waals surface area contributed by atoms with Gasteiger partial charge in [0.05, 0.1) is 58.2 Å². The van der Waals surface area contributed by atoms with Crippen LogP contribution in [0.15, 0.2) is 170 Å². The van der Waals surface area contributed by atoms with E-state index >= 15 is 0 Å². The molecule has 0 unspecified atom stereocenters. The number of nitrogens with zero attached hydrogens (tertiary/aromatic N) is 6. The number of amides is 4. The van der Waals surface area contributed by atoms with E-state index in [0.29, 0.717) is 80.6 Å². The highest BCUT2D eigenvalue weighted by Crippen LogP contribution is 2.34. The van der Waals surface area contributed by atoms with Gasteiger partial charge < -0.3 is 51.5 Å². The van der Waals surface area contributed by atoms with E-state index in [1.54, 1.807) is 95.9 Å². The number of benzene rings is 7.